The Kier molecular flexibility index (Phi) is 6.01. The standard InChI is InChI=1S/C20H21Br2FN4/c1-11(2)24-18-10-14(22)6-8-16(18)20-26-25-19(27(20)12(3)4)15-7-5-13(21)9-17(15)23/h5-12,24H,1-4H3. The highest BCUT2D eigenvalue weighted by Crippen LogP contribution is 2.35. The summed E-state index contributed by atoms with van der Waals surface area (Å²) >= 11 is 6.83. The molecule has 142 valence electrons. The van der Waals surface area contributed by atoms with E-state index in [9.17, 15) is 4.39 Å². The van der Waals surface area contributed by atoms with Crippen molar-refractivity contribution < 1.29 is 4.39 Å². The number of benzene rings is 2. The van der Waals surface area contributed by atoms with Crippen LogP contribution in [0.5, 0.6) is 0 Å². The summed E-state index contributed by atoms with van der Waals surface area (Å²) in [7, 11) is 0. The smallest absolute Gasteiger partial charge is 0.167 e. The van der Waals surface area contributed by atoms with Gasteiger partial charge >= 0.3 is 0 Å². The lowest BCUT2D eigenvalue weighted by Crippen LogP contribution is -2.12. The van der Waals surface area contributed by atoms with Crippen LogP contribution < -0.4 is 5.32 Å². The van der Waals surface area contributed by atoms with Gasteiger partial charge in [-0.25, -0.2) is 4.39 Å². The van der Waals surface area contributed by atoms with Crippen molar-refractivity contribution in [2.45, 2.75) is 39.8 Å². The zero-order valence-electron chi connectivity index (χ0n) is 15.6. The Balaban J connectivity index is 2.20. The number of nitrogens with one attached hydrogen (secondary N) is 1. The van der Waals surface area contributed by atoms with E-state index in [-0.39, 0.29) is 17.9 Å². The molecule has 1 heterocycles. The molecule has 0 unspecified atom stereocenters. The molecule has 0 fully saturated rings. The second-order valence-electron chi connectivity index (χ2n) is 6.92. The van der Waals surface area contributed by atoms with E-state index in [0.29, 0.717) is 21.7 Å². The first-order valence-electron chi connectivity index (χ1n) is 8.74. The van der Waals surface area contributed by atoms with Gasteiger partial charge < -0.3 is 9.88 Å². The first kappa shape index (κ1) is 20.0. The Bertz CT molecular complexity index is 967. The van der Waals surface area contributed by atoms with Gasteiger partial charge in [-0.1, -0.05) is 31.9 Å². The topological polar surface area (TPSA) is 42.7 Å². The molecule has 1 N–H and O–H groups in total. The van der Waals surface area contributed by atoms with Gasteiger partial charge in [0.2, 0.25) is 0 Å². The van der Waals surface area contributed by atoms with E-state index in [1.165, 1.54) is 6.07 Å². The van der Waals surface area contributed by atoms with Gasteiger partial charge in [-0.05, 0) is 64.1 Å². The number of rotatable bonds is 5. The first-order chi connectivity index (χ1) is 12.8. The summed E-state index contributed by atoms with van der Waals surface area (Å²) in [5.41, 5.74) is 2.31. The summed E-state index contributed by atoms with van der Waals surface area (Å²) in [5.74, 6) is 0.892. The van der Waals surface area contributed by atoms with Crippen molar-refractivity contribution in [3.8, 4) is 22.8 Å². The van der Waals surface area contributed by atoms with Gasteiger partial charge in [-0.3, -0.25) is 0 Å². The minimum atomic E-state index is -0.332. The Hall–Kier alpha value is -1.73. The summed E-state index contributed by atoms with van der Waals surface area (Å²) in [6.07, 6.45) is 0. The van der Waals surface area contributed by atoms with E-state index >= 15 is 0 Å². The van der Waals surface area contributed by atoms with Crippen LogP contribution in [-0.2, 0) is 0 Å². The monoisotopic (exact) mass is 494 g/mol. The fraction of sp³-hybridized carbons (Fsp3) is 0.300. The number of hydrogen-bond donors (Lipinski definition) is 1. The minimum Gasteiger partial charge on any atom is -0.382 e. The van der Waals surface area contributed by atoms with Crippen molar-refractivity contribution in [3.63, 3.8) is 0 Å². The highest BCUT2D eigenvalue weighted by Gasteiger charge is 2.22. The molecule has 0 saturated heterocycles. The van der Waals surface area contributed by atoms with E-state index in [1.807, 2.05) is 42.7 Å². The molecule has 0 radical (unpaired) electrons. The number of hydrogen-bond acceptors (Lipinski definition) is 3. The molecule has 2 aromatic carbocycles. The molecular weight excluding hydrogens is 475 g/mol. The quantitative estimate of drug-likeness (QED) is 0.429. The molecule has 0 aliphatic heterocycles. The van der Waals surface area contributed by atoms with E-state index in [0.717, 1.165) is 15.7 Å². The average Bonchev–Trinajstić information content (AvgIpc) is 2.99. The molecule has 3 aromatic rings. The lowest BCUT2D eigenvalue weighted by Gasteiger charge is -2.18. The maximum atomic E-state index is 14.6. The fourth-order valence-electron chi connectivity index (χ4n) is 2.96. The highest BCUT2D eigenvalue weighted by atomic mass is 79.9. The molecule has 0 bridgehead atoms. The molecule has 4 nitrogen and oxygen atoms in total. The third kappa shape index (κ3) is 4.24. The summed E-state index contributed by atoms with van der Waals surface area (Å²) in [6, 6.07) is 11.3. The summed E-state index contributed by atoms with van der Waals surface area (Å²) in [6.45, 7) is 8.25. The van der Waals surface area contributed by atoms with E-state index < -0.39 is 0 Å². The van der Waals surface area contributed by atoms with Gasteiger partial charge in [-0.15, -0.1) is 10.2 Å². The molecule has 27 heavy (non-hydrogen) atoms. The zero-order valence-corrected chi connectivity index (χ0v) is 18.8. The molecule has 0 atom stereocenters. The summed E-state index contributed by atoms with van der Waals surface area (Å²) in [4.78, 5) is 0. The second-order valence-corrected chi connectivity index (χ2v) is 8.76. The van der Waals surface area contributed by atoms with E-state index in [4.69, 9.17) is 0 Å². The van der Waals surface area contributed by atoms with Crippen LogP contribution >= 0.6 is 31.9 Å². The van der Waals surface area contributed by atoms with Gasteiger partial charge in [0.05, 0.1) is 5.56 Å². The lowest BCUT2D eigenvalue weighted by atomic mass is 10.1. The SMILES string of the molecule is CC(C)Nc1cc(Br)ccc1-c1nnc(-c2ccc(Br)cc2F)n1C(C)C. The van der Waals surface area contributed by atoms with Gasteiger partial charge in [0.15, 0.2) is 11.6 Å². The fourth-order valence-corrected chi connectivity index (χ4v) is 3.65. The number of anilines is 1. The second kappa shape index (κ2) is 8.10. The highest BCUT2D eigenvalue weighted by molar-refractivity contribution is 9.10. The van der Waals surface area contributed by atoms with Crippen molar-refractivity contribution in [3.05, 3.63) is 51.2 Å². The predicted molar refractivity (Wildman–Crippen MR) is 115 cm³/mol. The van der Waals surface area contributed by atoms with Crippen LogP contribution in [-0.4, -0.2) is 20.8 Å². The Morgan fingerprint density at radius 2 is 1.44 bits per heavy atom. The lowest BCUT2D eigenvalue weighted by molar-refractivity contribution is 0.599. The van der Waals surface area contributed by atoms with Crippen LogP contribution in [0, 0.1) is 5.82 Å². The zero-order chi connectivity index (χ0) is 19.7. The normalized spacial score (nSPS) is 11.4. The van der Waals surface area contributed by atoms with Crippen LogP contribution in [0.4, 0.5) is 10.1 Å². The Morgan fingerprint density at radius 1 is 0.889 bits per heavy atom. The number of halogens is 3. The predicted octanol–water partition coefficient (Wildman–Crippen LogP) is 6.68. The summed E-state index contributed by atoms with van der Waals surface area (Å²) < 4.78 is 18.2. The summed E-state index contributed by atoms with van der Waals surface area (Å²) in [5, 5.41) is 12.2. The maximum absolute atomic E-state index is 14.6. The van der Waals surface area contributed by atoms with E-state index in [2.05, 4.69) is 61.2 Å². The Labute approximate surface area is 175 Å². The molecular formula is C20H21Br2FN4. The molecule has 0 saturated carbocycles. The average molecular weight is 496 g/mol. The molecule has 0 aliphatic rings. The van der Waals surface area contributed by atoms with Gasteiger partial charge in [0.25, 0.3) is 0 Å². The van der Waals surface area contributed by atoms with Crippen LogP contribution in [0.15, 0.2) is 45.3 Å². The van der Waals surface area contributed by atoms with Gasteiger partial charge in [-0.2, -0.15) is 0 Å². The molecule has 0 amide bonds. The van der Waals surface area contributed by atoms with Crippen molar-refractivity contribution >= 4 is 37.5 Å². The van der Waals surface area contributed by atoms with Crippen molar-refractivity contribution in [1.29, 1.82) is 0 Å². The Morgan fingerprint density at radius 3 is 2.00 bits per heavy atom. The van der Waals surface area contributed by atoms with Crippen LogP contribution in [0.1, 0.15) is 33.7 Å². The first-order valence-corrected chi connectivity index (χ1v) is 10.3. The minimum absolute atomic E-state index is 0.0589. The van der Waals surface area contributed by atoms with Crippen molar-refractivity contribution in [2.75, 3.05) is 5.32 Å². The van der Waals surface area contributed by atoms with Crippen LogP contribution in [0.3, 0.4) is 0 Å². The number of aromatic nitrogens is 3. The van der Waals surface area contributed by atoms with Crippen molar-refractivity contribution in [1.82, 2.24) is 14.8 Å². The maximum Gasteiger partial charge on any atom is 0.167 e. The van der Waals surface area contributed by atoms with Crippen LogP contribution in [0.2, 0.25) is 0 Å². The molecule has 0 spiro atoms. The van der Waals surface area contributed by atoms with Gasteiger partial charge in [0.1, 0.15) is 5.82 Å². The molecule has 1 aromatic heterocycles. The van der Waals surface area contributed by atoms with Gasteiger partial charge in [0, 0.05) is 32.3 Å². The molecule has 7 heteroatoms. The van der Waals surface area contributed by atoms with E-state index in [1.54, 1.807) is 6.07 Å². The third-order valence-electron chi connectivity index (χ3n) is 4.05. The largest absolute Gasteiger partial charge is 0.382 e. The molecule has 3 rings (SSSR count). The number of nitrogens with zero attached hydrogens (tertiary/aromatic N) is 3. The molecule has 0 aliphatic carbocycles. The van der Waals surface area contributed by atoms with Crippen molar-refractivity contribution in [2.24, 2.45) is 0 Å². The third-order valence-corrected chi connectivity index (χ3v) is 5.04. The van der Waals surface area contributed by atoms with Crippen LogP contribution in [0.25, 0.3) is 22.8 Å².